The molecule has 0 radical (unpaired) electrons. The summed E-state index contributed by atoms with van der Waals surface area (Å²) in [5, 5.41) is 8.51. The van der Waals surface area contributed by atoms with Crippen molar-refractivity contribution < 1.29 is 4.39 Å². The van der Waals surface area contributed by atoms with E-state index in [4.69, 9.17) is 5.26 Å². The lowest BCUT2D eigenvalue weighted by Crippen LogP contribution is -2.17. The zero-order valence-electron chi connectivity index (χ0n) is 21.7. The van der Waals surface area contributed by atoms with Crippen molar-refractivity contribution >= 4 is 0 Å². The van der Waals surface area contributed by atoms with Gasteiger partial charge in [-0.3, -0.25) is 0 Å². The van der Waals surface area contributed by atoms with Gasteiger partial charge in [-0.15, -0.1) is 0 Å². The summed E-state index contributed by atoms with van der Waals surface area (Å²) in [5.41, 5.74) is 3.10. The van der Waals surface area contributed by atoms with Crippen LogP contribution in [-0.4, -0.2) is 0 Å². The first kappa shape index (κ1) is 27.0. The van der Waals surface area contributed by atoms with Crippen LogP contribution in [0.5, 0.6) is 0 Å². The number of halogens is 1. The lowest BCUT2D eigenvalue weighted by atomic mass is 9.74. The topological polar surface area (TPSA) is 23.8 Å². The molecule has 2 fully saturated rings. The standard InChI is InChI=1S/C32H48FN/c1-2-3-4-5-6-8-26-17-21-30(22-18-26)31-23-19-29(20-24-31)16-15-28-13-11-27(12-14-28)9-7-10-32(33)25-34/h10,17-18,21-22,27-29,31H,2-9,11-16,19-20,23-24H2,1H3. The van der Waals surface area contributed by atoms with Gasteiger partial charge in [0.25, 0.3) is 0 Å². The molecule has 0 bridgehead atoms. The predicted molar refractivity (Wildman–Crippen MR) is 142 cm³/mol. The third-order valence-corrected chi connectivity index (χ3v) is 8.82. The number of aryl methyl sites for hydroxylation is 1. The quantitative estimate of drug-likeness (QED) is 0.210. The summed E-state index contributed by atoms with van der Waals surface area (Å²) in [6.45, 7) is 2.28. The fourth-order valence-corrected chi connectivity index (χ4v) is 6.45. The van der Waals surface area contributed by atoms with E-state index in [-0.39, 0.29) is 0 Å². The highest BCUT2D eigenvalue weighted by Gasteiger charge is 2.25. The molecule has 1 aromatic carbocycles. The maximum absolute atomic E-state index is 12.9. The van der Waals surface area contributed by atoms with Gasteiger partial charge in [0.1, 0.15) is 6.07 Å². The third-order valence-electron chi connectivity index (χ3n) is 8.82. The Labute approximate surface area is 209 Å². The van der Waals surface area contributed by atoms with Crippen LogP contribution in [0, 0.1) is 29.1 Å². The van der Waals surface area contributed by atoms with Crippen LogP contribution in [-0.2, 0) is 6.42 Å². The molecule has 0 heterocycles. The second kappa shape index (κ2) is 15.4. The van der Waals surface area contributed by atoms with Crippen molar-refractivity contribution in [3.63, 3.8) is 0 Å². The Morgan fingerprint density at radius 2 is 1.38 bits per heavy atom. The number of rotatable bonds is 13. The maximum Gasteiger partial charge on any atom is 0.196 e. The summed E-state index contributed by atoms with van der Waals surface area (Å²) in [6.07, 6.45) is 25.0. The molecule has 0 spiro atoms. The normalized spacial score (nSPS) is 25.7. The minimum atomic E-state index is -0.617. The Morgan fingerprint density at radius 3 is 1.97 bits per heavy atom. The highest BCUT2D eigenvalue weighted by atomic mass is 19.1. The Bertz CT molecular complexity index is 742. The minimum absolute atomic E-state index is 0.617. The molecule has 0 saturated heterocycles. The van der Waals surface area contributed by atoms with Gasteiger partial charge in [0.05, 0.1) is 0 Å². The number of allylic oxidation sites excluding steroid dienone is 2. The van der Waals surface area contributed by atoms with Gasteiger partial charge in [-0.1, -0.05) is 95.4 Å². The highest BCUT2D eigenvalue weighted by Crippen LogP contribution is 2.40. The average molecular weight is 466 g/mol. The zero-order chi connectivity index (χ0) is 24.0. The maximum atomic E-state index is 12.9. The molecule has 1 nitrogen and oxygen atoms in total. The fraction of sp³-hybridized carbons (Fsp3) is 0.719. The molecule has 0 unspecified atom stereocenters. The Balaban J connectivity index is 1.27. The van der Waals surface area contributed by atoms with Gasteiger partial charge in [0.2, 0.25) is 0 Å². The molecule has 0 aromatic heterocycles. The van der Waals surface area contributed by atoms with Crippen LogP contribution in [0.15, 0.2) is 36.2 Å². The van der Waals surface area contributed by atoms with Crippen LogP contribution in [0.1, 0.15) is 133 Å². The molecular weight excluding hydrogens is 417 g/mol. The molecule has 2 aliphatic rings. The number of unbranched alkanes of at least 4 members (excludes halogenated alkanes) is 4. The Kier molecular flexibility index (Phi) is 12.2. The molecule has 188 valence electrons. The van der Waals surface area contributed by atoms with E-state index < -0.39 is 5.83 Å². The van der Waals surface area contributed by atoms with Gasteiger partial charge in [0.15, 0.2) is 5.83 Å². The summed E-state index contributed by atoms with van der Waals surface area (Å²) in [6, 6.07) is 11.2. The molecule has 0 N–H and O–H groups in total. The average Bonchev–Trinajstić information content (AvgIpc) is 2.88. The number of nitrogens with zero attached hydrogens (tertiary/aromatic N) is 1. The summed E-state index contributed by atoms with van der Waals surface area (Å²) in [5.74, 6) is 2.76. The molecule has 2 aliphatic carbocycles. The van der Waals surface area contributed by atoms with E-state index in [1.807, 2.05) is 0 Å². The molecule has 0 atom stereocenters. The fourth-order valence-electron chi connectivity index (χ4n) is 6.45. The number of hydrogen-bond acceptors (Lipinski definition) is 1. The summed E-state index contributed by atoms with van der Waals surface area (Å²) in [7, 11) is 0. The van der Waals surface area contributed by atoms with Gasteiger partial charge in [-0.25, -0.2) is 0 Å². The number of nitriles is 1. The van der Waals surface area contributed by atoms with Gasteiger partial charge < -0.3 is 0 Å². The molecule has 34 heavy (non-hydrogen) atoms. The Morgan fingerprint density at radius 1 is 0.824 bits per heavy atom. The number of benzene rings is 1. The molecule has 1 aromatic rings. The van der Waals surface area contributed by atoms with E-state index in [1.54, 1.807) is 11.6 Å². The van der Waals surface area contributed by atoms with E-state index in [9.17, 15) is 4.39 Å². The number of hydrogen-bond donors (Lipinski definition) is 0. The Hall–Kier alpha value is -1.62. The highest BCUT2D eigenvalue weighted by molar-refractivity contribution is 5.26. The van der Waals surface area contributed by atoms with E-state index in [2.05, 4.69) is 31.2 Å². The largest absolute Gasteiger partial charge is 0.196 e. The molecule has 0 amide bonds. The first-order chi connectivity index (χ1) is 16.7. The van der Waals surface area contributed by atoms with Crippen LogP contribution in [0.4, 0.5) is 4.39 Å². The summed E-state index contributed by atoms with van der Waals surface area (Å²) in [4.78, 5) is 0. The monoisotopic (exact) mass is 465 g/mol. The third kappa shape index (κ3) is 9.56. The van der Waals surface area contributed by atoms with Crippen molar-refractivity contribution in [3.05, 3.63) is 47.3 Å². The first-order valence-electron chi connectivity index (χ1n) is 14.5. The molecule has 3 rings (SSSR count). The van der Waals surface area contributed by atoms with Gasteiger partial charge in [0, 0.05) is 0 Å². The van der Waals surface area contributed by atoms with Gasteiger partial charge >= 0.3 is 0 Å². The summed E-state index contributed by atoms with van der Waals surface area (Å²) < 4.78 is 12.9. The lowest BCUT2D eigenvalue weighted by Gasteiger charge is -2.32. The van der Waals surface area contributed by atoms with Gasteiger partial charge in [-0.05, 0) is 92.2 Å². The molecular formula is C32H48FN. The molecule has 2 heteroatoms. The van der Waals surface area contributed by atoms with Crippen molar-refractivity contribution in [2.75, 3.05) is 0 Å². The SMILES string of the molecule is CCCCCCCc1ccc(C2CCC(CCC3CCC(CCC=C(F)C#N)CC3)CC2)cc1. The van der Waals surface area contributed by atoms with Crippen LogP contribution in [0.3, 0.4) is 0 Å². The van der Waals surface area contributed by atoms with Gasteiger partial charge in [-0.2, -0.15) is 9.65 Å². The summed E-state index contributed by atoms with van der Waals surface area (Å²) >= 11 is 0. The smallest absolute Gasteiger partial charge is 0.195 e. The van der Waals surface area contributed by atoms with E-state index in [0.29, 0.717) is 0 Å². The van der Waals surface area contributed by atoms with E-state index >= 15 is 0 Å². The second-order valence-corrected chi connectivity index (χ2v) is 11.3. The van der Waals surface area contributed by atoms with Crippen LogP contribution < -0.4 is 0 Å². The molecule has 0 aliphatic heterocycles. The lowest BCUT2D eigenvalue weighted by molar-refractivity contribution is 0.225. The van der Waals surface area contributed by atoms with Crippen molar-refractivity contribution in [2.45, 2.75) is 128 Å². The van der Waals surface area contributed by atoms with Crippen LogP contribution in [0.2, 0.25) is 0 Å². The van der Waals surface area contributed by atoms with Crippen LogP contribution >= 0.6 is 0 Å². The van der Waals surface area contributed by atoms with Crippen LogP contribution in [0.25, 0.3) is 0 Å². The van der Waals surface area contributed by atoms with Crippen molar-refractivity contribution in [2.24, 2.45) is 17.8 Å². The van der Waals surface area contributed by atoms with Crippen molar-refractivity contribution in [1.82, 2.24) is 0 Å². The minimum Gasteiger partial charge on any atom is -0.195 e. The van der Waals surface area contributed by atoms with E-state index in [1.165, 1.54) is 114 Å². The molecule has 2 saturated carbocycles. The first-order valence-corrected chi connectivity index (χ1v) is 14.5. The second-order valence-electron chi connectivity index (χ2n) is 11.3. The van der Waals surface area contributed by atoms with Crippen molar-refractivity contribution in [1.29, 1.82) is 5.26 Å². The van der Waals surface area contributed by atoms with E-state index in [0.717, 1.165) is 36.5 Å². The predicted octanol–water partition coefficient (Wildman–Crippen LogP) is 10.2. The van der Waals surface area contributed by atoms with Crippen molar-refractivity contribution in [3.8, 4) is 6.07 Å². The zero-order valence-corrected chi connectivity index (χ0v) is 21.7.